The van der Waals surface area contributed by atoms with Crippen LogP contribution in [-0.4, -0.2) is 50.3 Å². The van der Waals surface area contributed by atoms with Gasteiger partial charge in [0, 0.05) is 26.0 Å². The third-order valence-electron chi connectivity index (χ3n) is 6.09. The summed E-state index contributed by atoms with van der Waals surface area (Å²) in [5.74, 6) is 0.158. The van der Waals surface area contributed by atoms with Crippen LogP contribution in [0.4, 0.5) is 0 Å². The van der Waals surface area contributed by atoms with Crippen LogP contribution >= 0.6 is 0 Å². The molecule has 2 aliphatic rings. The summed E-state index contributed by atoms with van der Waals surface area (Å²) in [6, 6.07) is 6.82. The molecule has 1 aliphatic carbocycles. The minimum atomic E-state index is -3.23. The normalized spacial score (nSPS) is 22.3. The van der Waals surface area contributed by atoms with Crippen molar-refractivity contribution in [3.05, 3.63) is 29.8 Å². The number of rotatable bonds is 4. The Morgan fingerprint density at radius 3 is 2.08 bits per heavy atom. The molecule has 6 heteroatoms. The molecule has 0 radical (unpaired) electrons. The molecule has 1 amide bonds. The standard InChI is InChI=1S/C19H27NO4S/c1-18(14-21)10-12-20(13-11-18)17(22)19(8-3-9-19)15-4-6-16(7-5-15)25(2,23)24/h4-7,21H,3,8-14H2,1-2H3. The van der Waals surface area contributed by atoms with Crippen LogP contribution < -0.4 is 0 Å². The lowest BCUT2D eigenvalue weighted by Crippen LogP contribution is -2.54. The SMILES string of the molecule is CC1(CO)CCN(C(=O)C2(c3ccc(S(C)(=O)=O)cc3)CCC2)CC1. The molecule has 5 nitrogen and oxygen atoms in total. The molecule has 1 saturated carbocycles. The van der Waals surface area contributed by atoms with E-state index in [0.717, 1.165) is 37.7 Å². The largest absolute Gasteiger partial charge is 0.396 e. The van der Waals surface area contributed by atoms with Crippen LogP contribution in [0.3, 0.4) is 0 Å². The molecule has 1 aromatic carbocycles. The van der Waals surface area contributed by atoms with Crippen molar-refractivity contribution in [2.45, 2.75) is 49.3 Å². The molecule has 138 valence electrons. The molecule has 0 atom stereocenters. The summed E-state index contributed by atoms with van der Waals surface area (Å²) in [6.45, 7) is 3.59. The summed E-state index contributed by atoms with van der Waals surface area (Å²) < 4.78 is 23.3. The highest BCUT2D eigenvalue weighted by Crippen LogP contribution is 2.46. The molecule has 0 bridgehead atoms. The fraction of sp³-hybridized carbons (Fsp3) is 0.632. The maximum atomic E-state index is 13.2. The van der Waals surface area contributed by atoms with E-state index in [1.807, 2.05) is 4.90 Å². The fourth-order valence-electron chi connectivity index (χ4n) is 3.89. The monoisotopic (exact) mass is 365 g/mol. The predicted molar refractivity (Wildman–Crippen MR) is 96.1 cm³/mol. The van der Waals surface area contributed by atoms with E-state index < -0.39 is 15.3 Å². The Kier molecular flexibility index (Phi) is 4.71. The van der Waals surface area contributed by atoms with Gasteiger partial charge in [0.25, 0.3) is 0 Å². The fourth-order valence-corrected chi connectivity index (χ4v) is 4.52. The second-order valence-corrected chi connectivity index (χ2v) is 10.0. The zero-order chi connectivity index (χ0) is 18.3. The van der Waals surface area contributed by atoms with Crippen molar-refractivity contribution in [2.75, 3.05) is 26.0 Å². The van der Waals surface area contributed by atoms with Crippen LogP contribution in [0.2, 0.25) is 0 Å². The number of hydrogen-bond donors (Lipinski definition) is 1. The van der Waals surface area contributed by atoms with Gasteiger partial charge in [0.15, 0.2) is 9.84 Å². The van der Waals surface area contributed by atoms with Gasteiger partial charge in [-0.1, -0.05) is 25.5 Å². The summed E-state index contributed by atoms with van der Waals surface area (Å²) in [4.78, 5) is 15.4. The molecular weight excluding hydrogens is 338 g/mol. The molecule has 0 spiro atoms. The van der Waals surface area contributed by atoms with E-state index in [0.29, 0.717) is 13.1 Å². The van der Waals surface area contributed by atoms with Crippen LogP contribution in [0.5, 0.6) is 0 Å². The van der Waals surface area contributed by atoms with Crippen molar-refractivity contribution in [2.24, 2.45) is 5.41 Å². The number of likely N-dealkylation sites (tertiary alicyclic amines) is 1. The van der Waals surface area contributed by atoms with Crippen LogP contribution in [0, 0.1) is 5.41 Å². The molecule has 1 saturated heterocycles. The van der Waals surface area contributed by atoms with E-state index in [9.17, 15) is 18.3 Å². The zero-order valence-corrected chi connectivity index (χ0v) is 15.8. The van der Waals surface area contributed by atoms with Gasteiger partial charge in [-0.05, 0) is 48.8 Å². The van der Waals surface area contributed by atoms with Crippen LogP contribution in [0.25, 0.3) is 0 Å². The second-order valence-electron chi connectivity index (χ2n) is 7.99. The highest BCUT2D eigenvalue weighted by molar-refractivity contribution is 7.90. The van der Waals surface area contributed by atoms with Crippen molar-refractivity contribution in [3.63, 3.8) is 0 Å². The van der Waals surface area contributed by atoms with Crippen LogP contribution in [0.15, 0.2) is 29.2 Å². The second kappa shape index (κ2) is 6.40. The van der Waals surface area contributed by atoms with Gasteiger partial charge >= 0.3 is 0 Å². The van der Waals surface area contributed by atoms with Gasteiger partial charge in [0.05, 0.1) is 10.3 Å². The topological polar surface area (TPSA) is 74.7 Å². The van der Waals surface area contributed by atoms with Crippen LogP contribution in [0.1, 0.15) is 44.6 Å². The smallest absolute Gasteiger partial charge is 0.233 e. The van der Waals surface area contributed by atoms with E-state index in [1.54, 1.807) is 24.3 Å². The molecule has 0 aromatic heterocycles. The van der Waals surface area contributed by atoms with Gasteiger partial charge in [-0.3, -0.25) is 4.79 Å². The lowest BCUT2D eigenvalue weighted by Gasteiger charge is -2.47. The number of nitrogens with zero attached hydrogens (tertiary/aromatic N) is 1. The van der Waals surface area contributed by atoms with Crippen molar-refractivity contribution >= 4 is 15.7 Å². The summed E-state index contributed by atoms with van der Waals surface area (Å²) in [5, 5.41) is 9.51. The van der Waals surface area contributed by atoms with Gasteiger partial charge in [0.1, 0.15) is 0 Å². The van der Waals surface area contributed by atoms with Crippen molar-refractivity contribution in [1.29, 1.82) is 0 Å². The number of hydrogen-bond acceptors (Lipinski definition) is 4. The molecule has 1 aromatic rings. The first kappa shape index (κ1) is 18.4. The number of amides is 1. The first-order chi connectivity index (χ1) is 11.7. The average Bonchev–Trinajstić information content (AvgIpc) is 2.54. The highest BCUT2D eigenvalue weighted by Gasteiger charge is 2.48. The number of benzene rings is 1. The maximum absolute atomic E-state index is 13.2. The summed E-state index contributed by atoms with van der Waals surface area (Å²) >= 11 is 0. The summed E-state index contributed by atoms with van der Waals surface area (Å²) in [5.41, 5.74) is 0.343. The molecular formula is C19H27NO4S. The number of aliphatic hydroxyl groups excluding tert-OH is 1. The minimum Gasteiger partial charge on any atom is -0.396 e. The predicted octanol–water partition coefficient (Wildman–Crippen LogP) is 2.13. The van der Waals surface area contributed by atoms with Gasteiger partial charge in [0.2, 0.25) is 5.91 Å². The van der Waals surface area contributed by atoms with E-state index in [1.165, 1.54) is 6.26 Å². The first-order valence-electron chi connectivity index (χ1n) is 8.91. The van der Waals surface area contributed by atoms with Gasteiger partial charge in [-0.15, -0.1) is 0 Å². The summed E-state index contributed by atoms with van der Waals surface area (Å²) in [6.07, 6.45) is 5.48. The maximum Gasteiger partial charge on any atom is 0.233 e. The quantitative estimate of drug-likeness (QED) is 0.887. The van der Waals surface area contributed by atoms with Gasteiger partial charge < -0.3 is 10.0 Å². The number of carbonyl (C=O) groups is 1. The first-order valence-corrected chi connectivity index (χ1v) is 10.8. The lowest BCUT2D eigenvalue weighted by atomic mass is 9.63. The third-order valence-corrected chi connectivity index (χ3v) is 7.22. The van der Waals surface area contributed by atoms with E-state index in [2.05, 4.69) is 6.92 Å². The van der Waals surface area contributed by atoms with Gasteiger partial charge in [-0.2, -0.15) is 0 Å². The molecule has 1 aliphatic heterocycles. The van der Waals surface area contributed by atoms with Crippen LogP contribution in [-0.2, 0) is 20.0 Å². The molecule has 25 heavy (non-hydrogen) atoms. The van der Waals surface area contributed by atoms with E-state index in [4.69, 9.17) is 0 Å². The molecule has 2 fully saturated rings. The Bertz CT molecular complexity index is 742. The van der Waals surface area contributed by atoms with Crippen molar-refractivity contribution in [3.8, 4) is 0 Å². The Morgan fingerprint density at radius 1 is 1.12 bits per heavy atom. The zero-order valence-electron chi connectivity index (χ0n) is 15.0. The molecule has 1 heterocycles. The number of carbonyl (C=O) groups excluding carboxylic acids is 1. The highest BCUT2D eigenvalue weighted by atomic mass is 32.2. The number of sulfone groups is 1. The average molecular weight is 365 g/mol. The number of aliphatic hydroxyl groups is 1. The van der Waals surface area contributed by atoms with Crippen molar-refractivity contribution < 1.29 is 18.3 Å². The van der Waals surface area contributed by atoms with E-state index in [-0.39, 0.29) is 22.8 Å². The van der Waals surface area contributed by atoms with Gasteiger partial charge in [-0.25, -0.2) is 8.42 Å². The molecule has 0 unspecified atom stereocenters. The Hall–Kier alpha value is -1.40. The van der Waals surface area contributed by atoms with Crippen molar-refractivity contribution in [1.82, 2.24) is 4.90 Å². The Morgan fingerprint density at radius 2 is 1.68 bits per heavy atom. The van der Waals surface area contributed by atoms with E-state index >= 15 is 0 Å². The summed E-state index contributed by atoms with van der Waals surface area (Å²) in [7, 11) is -3.23. The lowest BCUT2D eigenvalue weighted by molar-refractivity contribution is -0.143. The molecule has 3 rings (SSSR count). The Balaban J connectivity index is 1.80. The third kappa shape index (κ3) is 3.34. The molecule has 1 N–H and O–H groups in total. The Labute approximate surface area is 150 Å². The minimum absolute atomic E-state index is 0.0826. The number of piperidine rings is 1.